The summed E-state index contributed by atoms with van der Waals surface area (Å²) in [7, 11) is 1.59. The Hall–Kier alpha value is -2.67. The number of nitrogens with zero attached hydrogens (tertiary/aromatic N) is 1. The van der Waals surface area contributed by atoms with Crippen LogP contribution in [0.1, 0.15) is 29.4 Å². The van der Waals surface area contributed by atoms with Crippen LogP contribution in [-0.4, -0.2) is 36.2 Å². The average Bonchev–Trinajstić information content (AvgIpc) is 2.56. The van der Waals surface area contributed by atoms with Crippen molar-refractivity contribution < 1.29 is 14.3 Å². The number of pyridine rings is 2. The number of methoxy groups -OCH3 is 1. The number of aryl methyl sites for hydroxylation is 1. The molecule has 128 valence electrons. The van der Waals surface area contributed by atoms with Crippen LogP contribution < -0.4 is 15.6 Å². The lowest BCUT2D eigenvalue weighted by Gasteiger charge is -2.08. The van der Waals surface area contributed by atoms with Gasteiger partial charge in [-0.1, -0.05) is 13.3 Å². The highest BCUT2D eigenvalue weighted by atomic mass is 16.5. The first-order chi connectivity index (χ1) is 11.6. The molecule has 7 heteroatoms. The van der Waals surface area contributed by atoms with E-state index in [9.17, 15) is 9.59 Å². The molecule has 1 amide bonds. The van der Waals surface area contributed by atoms with Crippen LogP contribution in [0.3, 0.4) is 0 Å². The van der Waals surface area contributed by atoms with Gasteiger partial charge in [-0.05, 0) is 18.6 Å². The van der Waals surface area contributed by atoms with Crippen molar-refractivity contribution in [2.24, 2.45) is 0 Å². The van der Waals surface area contributed by atoms with Crippen LogP contribution in [0.5, 0.6) is 5.88 Å². The second-order valence-electron chi connectivity index (χ2n) is 5.19. The second-order valence-corrected chi connectivity index (χ2v) is 5.19. The number of aromatic amines is 1. The maximum atomic E-state index is 12.3. The van der Waals surface area contributed by atoms with Gasteiger partial charge in [0.1, 0.15) is 6.61 Å². The Morgan fingerprint density at radius 2 is 2.12 bits per heavy atom. The lowest BCUT2D eigenvalue weighted by atomic mass is 10.1. The zero-order chi connectivity index (χ0) is 17.4. The van der Waals surface area contributed by atoms with Gasteiger partial charge in [0.05, 0.1) is 18.5 Å². The van der Waals surface area contributed by atoms with Crippen molar-refractivity contribution in [1.82, 2.24) is 9.97 Å². The van der Waals surface area contributed by atoms with Gasteiger partial charge in [0.2, 0.25) is 11.4 Å². The smallest absolute Gasteiger partial charge is 0.255 e. The van der Waals surface area contributed by atoms with Crippen molar-refractivity contribution in [2.75, 3.05) is 25.6 Å². The number of carbonyl (C=O) groups is 1. The molecule has 7 nitrogen and oxygen atoms in total. The molecule has 2 N–H and O–H groups in total. The summed E-state index contributed by atoms with van der Waals surface area (Å²) in [6, 6.07) is 6.32. The largest absolute Gasteiger partial charge is 0.475 e. The van der Waals surface area contributed by atoms with Crippen molar-refractivity contribution in [1.29, 1.82) is 0 Å². The predicted molar refractivity (Wildman–Crippen MR) is 90.6 cm³/mol. The molecule has 0 saturated carbocycles. The van der Waals surface area contributed by atoms with Gasteiger partial charge in [0.25, 0.3) is 5.91 Å². The van der Waals surface area contributed by atoms with E-state index >= 15 is 0 Å². The number of hydrogen-bond donors (Lipinski definition) is 2. The summed E-state index contributed by atoms with van der Waals surface area (Å²) in [4.78, 5) is 30.7. The highest BCUT2D eigenvalue weighted by Gasteiger charge is 2.09. The van der Waals surface area contributed by atoms with E-state index in [0.29, 0.717) is 36.8 Å². The van der Waals surface area contributed by atoms with E-state index < -0.39 is 0 Å². The van der Waals surface area contributed by atoms with Crippen molar-refractivity contribution in [2.45, 2.75) is 19.8 Å². The fourth-order valence-electron chi connectivity index (χ4n) is 2.11. The molecule has 2 rings (SSSR count). The van der Waals surface area contributed by atoms with E-state index in [1.165, 1.54) is 12.3 Å². The number of ether oxygens (including phenoxy) is 2. The van der Waals surface area contributed by atoms with Gasteiger partial charge in [-0.15, -0.1) is 0 Å². The van der Waals surface area contributed by atoms with E-state index in [4.69, 9.17) is 9.47 Å². The standard InChI is InChI=1S/C17H21N3O4/c1-3-4-13-9-12(10-15(21)19-13)17(22)20-14-5-6-16(18-11-14)24-8-7-23-2/h5-6,9-11H,3-4,7-8H2,1-2H3,(H,19,21)(H,20,22). The Labute approximate surface area is 140 Å². The molecule has 2 aromatic heterocycles. The summed E-state index contributed by atoms with van der Waals surface area (Å²) in [6.45, 7) is 2.89. The zero-order valence-electron chi connectivity index (χ0n) is 13.8. The van der Waals surface area contributed by atoms with Crippen LogP contribution >= 0.6 is 0 Å². The van der Waals surface area contributed by atoms with Gasteiger partial charge < -0.3 is 19.8 Å². The highest BCUT2D eigenvalue weighted by molar-refractivity contribution is 6.04. The minimum absolute atomic E-state index is 0.286. The molecule has 0 saturated heterocycles. The molecule has 24 heavy (non-hydrogen) atoms. The third-order valence-corrected chi connectivity index (χ3v) is 3.21. The summed E-state index contributed by atoms with van der Waals surface area (Å²) in [5.74, 6) is 0.0970. The van der Waals surface area contributed by atoms with Crippen LogP contribution in [0.25, 0.3) is 0 Å². The van der Waals surface area contributed by atoms with Gasteiger partial charge in [-0.3, -0.25) is 9.59 Å². The fraction of sp³-hybridized carbons (Fsp3) is 0.353. The number of carbonyl (C=O) groups excluding carboxylic acids is 1. The quantitative estimate of drug-likeness (QED) is 0.722. The van der Waals surface area contributed by atoms with Crippen molar-refractivity contribution in [3.63, 3.8) is 0 Å². The maximum Gasteiger partial charge on any atom is 0.255 e. The lowest BCUT2D eigenvalue weighted by Crippen LogP contribution is -2.17. The van der Waals surface area contributed by atoms with E-state index in [-0.39, 0.29) is 11.5 Å². The van der Waals surface area contributed by atoms with Crippen LogP contribution in [0, 0.1) is 0 Å². The van der Waals surface area contributed by atoms with E-state index in [0.717, 1.165) is 12.1 Å². The predicted octanol–water partition coefficient (Wildman–Crippen LogP) is 2.00. The molecule has 0 fully saturated rings. The fourth-order valence-corrected chi connectivity index (χ4v) is 2.11. The number of hydrogen-bond acceptors (Lipinski definition) is 5. The van der Waals surface area contributed by atoms with Crippen LogP contribution in [0.15, 0.2) is 35.3 Å². The molecule has 2 aromatic rings. The Bertz CT molecular complexity index is 725. The Kier molecular flexibility index (Phi) is 6.51. The van der Waals surface area contributed by atoms with Crippen molar-refractivity contribution in [3.8, 4) is 5.88 Å². The Morgan fingerprint density at radius 1 is 1.29 bits per heavy atom. The second kappa shape index (κ2) is 8.83. The van der Waals surface area contributed by atoms with Gasteiger partial charge in [-0.25, -0.2) is 4.98 Å². The molecule has 0 aliphatic carbocycles. The van der Waals surface area contributed by atoms with E-state index in [1.54, 1.807) is 25.3 Å². The molecular weight excluding hydrogens is 310 g/mol. The maximum absolute atomic E-state index is 12.3. The number of aromatic nitrogens is 2. The molecular formula is C17H21N3O4. The lowest BCUT2D eigenvalue weighted by molar-refractivity contribution is 0.102. The molecule has 0 atom stereocenters. The van der Waals surface area contributed by atoms with E-state index in [2.05, 4.69) is 15.3 Å². The summed E-state index contributed by atoms with van der Waals surface area (Å²) in [6.07, 6.45) is 3.10. The molecule has 0 aliphatic heterocycles. The van der Waals surface area contributed by atoms with E-state index in [1.807, 2.05) is 6.92 Å². The SMILES string of the molecule is CCCc1cc(C(=O)Nc2ccc(OCCOC)nc2)cc(=O)[nH]1. The Balaban J connectivity index is 2.02. The van der Waals surface area contributed by atoms with Gasteiger partial charge >= 0.3 is 0 Å². The molecule has 0 aromatic carbocycles. The zero-order valence-corrected chi connectivity index (χ0v) is 13.8. The molecule has 0 radical (unpaired) electrons. The first-order valence-corrected chi connectivity index (χ1v) is 7.74. The average molecular weight is 331 g/mol. The van der Waals surface area contributed by atoms with Crippen LogP contribution in [-0.2, 0) is 11.2 Å². The summed E-state index contributed by atoms with van der Waals surface area (Å²) >= 11 is 0. The third-order valence-electron chi connectivity index (χ3n) is 3.21. The normalized spacial score (nSPS) is 10.4. The summed E-state index contributed by atoms with van der Waals surface area (Å²) in [5, 5.41) is 2.71. The minimum Gasteiger partial charge on any atom is -0.475 e. The summed E-state index contributed by atoms with van der Waals surface area (Å²) in [5.41, 5.74) is 1.31. The monoisotopic (exact) mass is 331 g/mol. The minimum atomic E-state index is -0.353. The first-order valence-electron chi connectivity index (χ1n) is 7.74. The number of rotatable bonds is 8. The highest BCUT2D eigenvalue weighted by Crippen LogP contribution is 2.13. The Morgan fingerprint density at radius 3 is 2.79 bits per heavy atom. The number of amides is 1. The molecule has 0 spiro atoms. The van der Waals surface area contributed by atoms with Crippen LogP contribution in [0.4, 0.5) is 5.69 Å². The first kappa shape index (κ1) is 17.7. The summed E-state index contributed by atoms with van der Waals surface area (Å²) < 4.78 is 10.2. The van der Waals surface area contributed by atoms with Crippen molar-refractivity contribution in [3.05, 3.63) is 52.1 Å². The van der Waals surface area contributed by atoms with Gasteiger partial charge in [0, 0.05) is 30.5 Å². The van der Waals surface area contributed by atoms with Crippen molar-refractivity contribution >= 4 is 11.6 Å². The topological polar surface area (TPSA) is 93.3 Å². The van der Waals surface area contributed by atoms with Gasteiger partial charge in [-0.2, -0.15) is 0 Å². The van der Waals surface area contributed by atoms with Gasteiger partial charge in [0.15, 0.2) is 0 Å². The number of nitrogens with one attached hydrogen (secondary N) is 2. The number of H-pyrrole nitrogens is 1. The molecule has 2 heterocycles. The molecule has 0 bridgehead atoms. The molecule has 0 aliphatic rings. The third kappa shape index (κ3) is 5.20. The molecule has 0 unspecified atom stereocenters. The van der Waals surface area contributed by atoms with Crippen LogP contribution in [0.2, 0.25) is 0 Å². The number of anilines is 1.